The number of hydrogen-bond acceptors (Lipinski definition) is 4. The minimum absolute atomic E-state index is 0.182. The number of carbonyl (C=O) groups excluding carboxylic acids is 2. The van der Waals surface area contributed by atoms with Gasteiger partial charge in [-0.25, -0.2) is 0 Å². The highest BCUT2D eigenvalue weighted by molar-refractivity contribution is 5.94. The number of hydrogen-bond donors (Lipinski definition) is 1. The molecule has 2 saturated heterocycles. The SMILES string of the molecule is Cc1ccc(C(=O)N2CCN(CC(=O)N3CC(C)CC(C)C3)CC2)c(=O)[nH]1. The number of pyridine rings is 1. The number of aryl methyl sites for hydroxylation is 1. The molecule has 0 bridgehead atoms. The summed E-state index contributed by atoms with van der Waals surface area (Å²) in [6.45, 7) is 10.7. The third-order valence-corrected chi connectivity index (χ3v) is 5.53. The highest BCUT2D eigenvalue weighted by atomic mass is 16.2. The van der Waals surface area contributed by atoms with Crippen LogP contribution in [0.25, 0.3) is 0 Å². The molecular weight excluding hydrogens is 344 g/mol. The highest BCUT2D eigenvalue weighted by Crippen LogP contribution is 2.21. The number of nitrogens with one attached hydrogen (secondary N) is 1. The van der Waals surface area contributed by atoms with Gasteiger partial charge in [-0.05, 0) is 37.3 Å². The fourth-order valence-corrected chi connectivity index (χ4v) is 4.18. The number of aromatic nitrogens is 1. The van der Waals surface area contributed by atoms with Gasteiger partial charge in [-0.2, -0.15) is 0 Å². The van der Waals surface area contributed by atoms with E-state index >= 15 is 0 Å². The topological polar surface area (TPSA) is 76.7 Å². The van der Waals surface area contributed by atoms with Crippen molar-refractivity contribution in [1.29, 1.82) is 0 Å². The molecule has 0 aliphatic carbocycles. The molecular formula is C20H30N4O3. The first-order chi connectivity index (χ1) is 12.8. The number of aromatic amines is 1. The van der Waals surface area contributed by atoms with E-state index in [1.165, 1.54) is 6.42 Å². The Hall–Kier alpha value is -2.15. The summed E-state index contributed by atoms with van der Waals surface area (Å²) in [6.07, 6.45) is 1.18. The van der Waals surface area contributed by atoms with Crippen LogP contribution < -0.4 is 5.56 Å². The Kier molecular flexibility index (Phi) is 5.99. The molecule has 3 heterocycles. The lowest BCUT2D eigenvalue weighted by Gasteiger charge is -2.38. The van der Waals surface area contributed by atoms with Crippen molar-refractivity contribution in [3.8, 4) is 0 Å². The molecule has 148 valence electrons. The minimum Gasteiger partial charge on any atom is -0.341 e. The normalized spacial score (nSPS) is 24.1. The fraction of sp³-hybridized carbons (Fsp3) is 0.650. The van der Waals surface area contributed by atoms with Crippen LogP contribution in [0.15, 0.2) is 16.9 Å². The zero-order valence-electron chi connectivity index (χ0n) is 16.5. The van der Waals surface area contributed by atoms with Crippen molar-refractivity contribution in [2.75, 3.05) is 45.8 Å². The number of nitrogens with zero attached hydrogens (tertiary/aromatic N) is 3. The average molecular weight is 374 g/mol. The minimum atomic E-state index is -0.342. The molecule has 1 aromatic heterocycles. The van der Waals surface area contributed by atoms with E-state index in [1.807, 2.05) is 4.90 Å². The van der Waals surface area contributed by atoms with Crippen molar-refractivity contribution in [1.82, 2.24) is 19.7 Å². The summed E-state index contributed by atoms with van der Waals surface area (Å²) in [5.74, 6) is 1.06. The van der Waals surface area contributed by atoms with Crippen LogP contribution in [-0.2, 0) is 4.79 Å². The van der Waals surface area contributed by atoms with Gasteiger partial charge in [0.15, 0.2) is 0 Å². The number of H-pyrrole nitrogens is 1. The summed E-state index contributed by atoms with van der Waals surface area (Å²) in [5, 5.41) is 0. The van der Waals surface area contributed by atoms with Crippen molar-refractivity contribution in [3.05, 3.63) is 33.7 Å². The summed E-state index contributed by atoms with van der Waals surface area (Å²) < 4.78 is 0. The Bertz CT molecular complexity index is 742. The van der Waals surface area contributed by atoms with Crippen LogP contribution in [0.2, 0.25) is 0 Å². The Balaban J connectivity index is 1.52. The van der Waals surface area contributed by atoms with Gasteiger partial charge in [0.05, 0.1) is 6.54 Å². The van der Waals surface area contributed by atoms with E-state index in [9.17, 15) is 14.4 Å². The molecule has 2 fully saturated rings. The van der Waals surface area contributed by atoms with Crippen LogP contribution in [0, 0.1) is 18.8 Å². The quantitative estimate of drug-likeness (QED) is 0.855. The Morgan fingerprint density at radius 2 is 1.67 bits per heavy atom. The summed E-state index contributed by atoms with van der Waals surface area (Å²) in [4.78, 5) is 45.7. The zero-order valence-corrected chi connectivity index (χ0v) is 16.5. The maximum atomic E-state index is 12.6. The molecule has 1 aromatic rings. The smallest absolute Gasteiger partial charge is 0.260 e. The Labute approximate surface area is 160 Å². The fourth-order valence-electron chi connectivity index (χ4n) is 4.18. The number of piperazine rings is 1. The number of rotatable bonds is 3. The first-order valence-electron chi connectivity index (χ1n) is 9.83. The third-order valence-electron chi connectivity index (χ3n) is 5.53. The van der Waals surface area contributed by atoms with Crippen LogP contribution in [-0.4, -0.2) is 77.3 Å². The number of carbonyl (C=O) groups is 2. The molecule has 27 heavy (non-hydrogen) atoms. The number of likely N-dealkylation sites (tertiary alicyclic amines) is 1. The van der Waals surface area contributed by atoms with Crippen molar-refractivity contribution in [2.24, 2.45) is 11.8 Å². The van der Waals surface area contributed by atoms with Gasteiger partial charge >= 0.3 is 0 Å². The van der Waals surface area contributed by atoms with Crippen molar-refractivity contribution >= 4 is 11.8 Å². The van der Waals surface area contributed by atoms with Crippen LogP contribution in [0.4, 0.5) is 0 Å². The highest BCUT2D eigenvalue weighted by Gasteiger charge is 2.29. The molecule has 0 aromatic carbocycles. The van der Waals surface area contributed by atoms with Crippen LogP contribution in [0.5, 0.6) is 0 Å². The lowest BCUT2D eigenvalue weighted by Crippen LogP contribution is -2.53. The van der Waals surface area contributed by atoms with Gasteiger partial charge in [0.1, 0.15) is 5.56 Å². The lowest BCUT2D eigenvalue weighted by atomic mass is 9.92. The first kappa shape index (κ1) is 19.6. The monoisotopic (exact) mass is 374 g/mol. The largest absolute Gasteiger partial charge is 0.341 e. The van der Waals surface area contributed by atoms with Crippen LogP contribution in [0.1, 0.15) is 36.3 Å². The Morgan fingerprint density at radius 3 is 2.26 bits per heavy atom. The molecule has 0 spiro atoms. The van der Waals surface area contributed by atoms with E-state index < -0.39 is 0 Å². The standard InChI is InChI=1S/C20H30N4O3/c1-14-10-15(2)12-24(11-14)18(25)13-22-6-8-23(9-7-22)20(27)17-5-4-16(3)21-19(17)26/h4-5,14-15H,6-13H2,1-3H3,(H,21,26). The van der Waals surface area contributed by atoms with E-state index in [2.05, 4.69) is 23.7 Å². The van der Waals surface area contributed by atoms with E-state index in [0.29, 0.717) is 44.6 Å². The summed E-state index contributed by atoms with van der Waals surface area (Å²) in [5.41, 5.74) is 0.577. The van der Waals surface area contributed by atoms with E-state index in [0.717, 1.165) is 18.8 Å². The maximum absolute atomic E-state index is 12.6. The zero-order chi connectivity index (χ0) is 19.6. The van der Waals surface area contributed by atoms with E-state index in [4.69, 9.17) is 0 Å². The van der Waals surface area contributed by atoms with Gasteiger partial charge in [-0.3, -0.25) is 19.3 Å². The second kappa shape index (κ2) is 8.25. The molecule has 7 nitrogen and oxygen atoms in total. The summed E-state index contributed by atoms with van der Waals surface area (Å²) in [6, 6.07) is 3.33. The first-order valence-corrected chi connectivity index (χ1v) is 9.83. The molecule has 2 aliphatic heterocycles. The van der Waals surface area contributed by atoms with Gasteiger partial charge < -0.3 is 14.8 Å². The predicted molar refractivity (Wildman–Crippen MR) is 104 cm³/mol. The molecule has 0 radical (unpaired) electrons. The molecule has 2 amide bonds. The maximum Gasteiger partial charge on any atom is 0.260 e. The molecule has 3 rings (SSSR count). The predicted octanol–water partition coefficient (Wildman–Crippen LogP) is 0.946. The average Bonchev–Trinajstić information content (AvgIpc) is 2.61. The second-order valence-corrected chi connectivity index (χ2v) is 8.20. The van der Waals surface area contributed by atoms with Crippen molar-refractivity contribution in [3.63, 3.8) is 0 Å². The van der Waals surface area contributed by atoms with Gasteiger partial charge in [0, 0.05) is 45.0 Å². The molecule has 2 unspecified atom stereocenters. The van der Waals surface area contributed by atoms with Crippen molar-refractivity contribution < 1.29 is 9.59 Å². The summed E-state index contributed by atoms with van der Waals surface area (Å²) in [7, 11) is 0. The number of piperidine rings is 1. The lowest BCUT2D eigenvalue weighted by molar-refractivity contribution is -0.135. The molecule has 1 N–H and O–H groups in total. The van der Waals surface area contributed by atoms with E-state index in [-0.39, 0.29) is 22.9 Å². The number of amides is 2. The Morgan fingerprint density at radius 1 is 1.04 bits per heavy atom. The van der Waals surface area contributed by atoms with Gasteiger partial charge in [-0.1, -0.05) is 13.8 Å². The molecule has 2 atom stereocenters. The summed E-state index contributed by atoms with van der Waals surface area (Å²) >= 11 is 0. The third kappa shape index (κ3) is 4.77. The van der Waals surface area contributed by atoms with E-state index in [1.54, 1.807) is 24.0 Å². The van der Waals surface area contributed by atoms with Gasteiger partial charge in [0.25, 0.3) is 11.5 Å². The molecule has 2 aliphatic rings. The van der Waals surface area contributed by atoms with Gasteiger partial charge in [-0.15, -0.1) is 0 Å². The second-order valence-electron chi connectivity index (χ2n) is 8.20. The molecule has 7 heteroatoms. The van der Waals surface area contributed by atoms with Crippen molar-refractivity contribution in [2.45, 2.75) is 27.2 Å². The van der Waals surface area contributed by atoms with Crippen LogP contribution >= 0.6 is 0 Å². The van der Waals surface area contributed by atoms with Crippen LogP contribution in [0.3, 0.4) is 0 Å². The van der Waals surface area contributed by atoms with Gasteiger partial charge in [0.2, 0.25) is 5.91 Å². The molecule has 0 saturated carbocycles.